The van der Waals surface area contributed by atoms with Gasteiger partial charge in [-0.3, -0.25) is 0 Å². The molecule has 0 saturated heterocycles. The van der Waals surface area contributed by atoms with Crippen LogP contribution < -0.4 is 5.32 Å². The van der Waals surface area contributed by atoms with Crippen molar-refractivity contribution >= 4 is 17.7 Å². The van der Waals surface area contributed by atoms with Crippen LogP contribution in [0.25, 0.3) is 0 Å². The average molecular weight is 341 g/mol. The Balaban J connectivity index is 1.63. The van der Waals surface area contributed by atoms with E-state index < -0.39 is 5.97 Å². The summed E-state index contributed by atoms with van der Waals surface area (Å²) >= 11 is 0. The van der Waals surface area contributed by atoms with E-state index in [1.807, 2.05) is 30.3 Å². The summed E-state index contributed by atoms with van der Waals surface area (Å²) < 4.78 is 6.43. The Hall–Kier alpha value is -3.16. The monoisotopic (exact) mass is 341 g/mol. The molecule has 25 heavy (non-hydrogen) atoms. The van der Waals surface area contributed by atoms with Crippen molar-refractivity contribution in [3.05, 3.63) is 54.1 Å². The predicted molar refractivity (Wildman–Crippen MR) is 90.9 cm³/mol. The molecule has 2 aromatic rings. The lowest BCUT2D eigenvalue weighted by molar-refractivity contribution is -0.136. The fourth-order valence-corrected chi connectivity index (χ4v) is 2.65. The first-order valence-electron chi connectivity index (χ1n) is 7.90. The number of carbonyl (C=O) groups excluding carboxylic acids is 2. The maximum absolute atomic E-state index is 12.5. The number of rotatable bonds is 4. The zero-order valence-electron chi connectivity index (χ0n) is 13.9. The minimum Gasteiger partial charge on any atom is -0.466 e. The van der Waals surface area contributed by atoms with Gasteiger partial charge < -0.3 is 15.0 Å². The van der Waals surface area contributed by atoms with Crippen LogP contribution >= 0.6 is 0 Å². The van der Waals surface area contributed by atoms with Crippen LogP contribution in [0, 0.1) is 0 Å². The molecule has 0 atom stereocenters. The molecule has 1 aromatic carbocycles. The first-order chi connectivity index (χ1) is 12.2. The Kier molecular flexibility index (Phi) is 5.08. The summed E-state index contributed by atoms with van der Waals surface area (Å²) in [6.45, 7) is 1.38. The number of amides is 2. The number of carbonyl (C=O) groups is 2. The summed E-state index contributed by atoms with van der Waals surface area (Å²) in [5.74, 6) is -0.396. The third-order valence-electron chi connectivity index (χ3n) is 3.88. The van der Waals surface area contributed by atoms with Crippen molar-refractivity contribution < 1.29 is 14.3 Å². The molecule has 0 fully saturated rings. The molecule has 0 saturated carbocycles. The molecular formula is C17H19N5O3. The van der Waals surface area contributed by atoms with Gasteiger partial charge in [0.25, 0.3) is 0 Å². The first-order valence-corrected chi connectivity index (χ1v) is 7.90. The fraction of sp³-hybridized carbons (Fsp3) is 0.294. The molecule has 0 bridgehead atoms. The standard InChI is InChI=1S/C17H19N5O3/c1-25-16(23)14-5-3-7-21(10-14)17(24)20-15-6-2-4-13(8-15)9-22-12-18-11-19-22/h2,4-6,8,11-12H,3,7,9-10H2,1H3,(H,20,24). The molecule has 8 nitrogen and oxygen atoms in total. The van der Waals surface area contributed by atoms with E-state index in [0.717, 1.165) is 5.56 Å². The number of nitrogens with zero attached hydrogens (tertiary/aromatic N) is 4. The van der Waals surface area contributed by atoms with Gasteiger partial charge in [0.2, 0.25) is 0 Å². The van der Waals surface area contributed by atoms with E-state index in [1.165, 1.54) is 13.4 Å². The summed E-state index contributed by atoms with van der Waals surface area (Å²) in [4.78, 5) is 29.6. The topological polar surface area (TPSA) is 89.4 Å². The zero-order valence-corrected chi connectivity index (χ0v) is 13.9. The summed E-state index contributed by atoms with van der Waals surface area (Å²) in [6.07, 6.45) is 5.56. The van der Waals surface area contributed by atoms with Gasteiger partial charge in [-0.1, -0.05) is 18.2 Å². The molecule has 1 aliphatic heterocycles. The van der Waals surface area contributed by atoms with Gasteiger partial charge in [0, 0.05) is 12.2 Å². The molecule has 0 spiro atoms. The maximum atomic E-state index is 12.5. The third-order valence-corrected chi connectivity index (χ3v) is 3.88. The van der Waals surface area contributed by atoms with E-state index in [4.69, 9.17) is 4.74 Å². The third kappa shape index (κ3) is 4.23. The molecule has 2 amide bonds. The zero-order chi connectivity index (χ0) is 17.6. The lowest BCUT2D eigenvalue weighted by Crippen LogP contribution is -2.40. The van der Waals surface area contributed by atoms with Crippen molar-refractivity contribution in [2.45, 2.75) is 13.0 Å². The van der Waals surface area contributed by atoms with Crippen LogP contribution in [-0.4, -0.2) is 51.9 Å². The van der Waals surface area contributed by atoms with Crippen LogP contribution in [0.5, 0.6) is 0 Å². The van der Waals surface area contributed by atoms with Gasteiger partial charge in [0.05, 0.1) is 25.8 Å². The van der Waals surface area contributed by atoms with Crippen molar-refractivity contribution in [1.29, 1.82) is 0 Å². The second-order valence-corrected chi connectivity index (χ2v) is 5.65. The van der Waals surface area contributed by atoms with Gasteiger partial charge in [-0.05, 0) is 24.1 Å². The van der Waals surface area contributed by atoms with Crippen LogP contribution in [0.15, 0.2) is 48.6 Å². The van der Waals surface area contributed by atoms with Gasteiger partial charge in [-0.15, -0.1) is 0 Å². The van der Waals surface area contributed by atoms with Gasteiger partial charge in [0.15, 0.2) is 0 Å². The number of ether oxygens (including phenoxy) is 1. The summed E-state index contributed by atoms with van der Waals surface area (Å²) in [5.41, 5.74) is 2.19. The first kappa shape index (κ1) is 16.7. The number of nitrogens with one attached hydrogen (secondary N) is 1. The van der Waals surface area contributed by atoms with Gasteiger partial charge >= 0.3 is 12.0 Å². The highest BCUT2D eigenvalue weighted by Gasteiger charge is 2.22. The van der Waals surface area contributed by atoms with Crippen molar-refractivity contribution in [2.24, 2.45) is 0 Å². The lowest BCUT2D eigenvalue weighted by Gasteiger charge is -2.26. The van der Waals surface area contributed by atoms with E-state index in [0.29, 0.717) is 30.8 Å². The van der Waals surface area contributed by atoms with Gasteiger partial charge in [0.1, 0.15) is 12.7 Å². The number of hydrogen-bond donors (Lipinski definition) is 1. The molecule has 8 heteroatoms. The van der Waals surface area contributed by atoms with E-state index in [-0.39, 0.29) is 12.6 Å². The number of aromatic nitrogens is 3. The minimum atomic E-state index is -0.396. The maximum Gasteiger partial charge on any atom is 0.335 e. The quantitative estimate of drug-likeness (QED) is 0.855. The van der Waals surface area contributed by atoms with Crippen LogP contribution in [0.1, 0.15) is 12.0 Å². The normalized spacial score (nSPS) is 14.0. The Labute approximate surface area is 145 Å². The molecule has 3 rings (SSSR count). The fourth-order valence-electron chi connectivity index (χ4n) is 2.65. The van der Waals surface area contributed by atoms with Gasteiger partial charge in [-0.25, -0.2) is 19.3 Å². The molecular weight excluding hydrogens is 322 g/mol. The highest BCUT2D eigenvalue weighted by atomic mass is 16.5. The van der Waals surface area contributed by atoms with Crippen LogP contribution in [-0.2, 0) is 16.1 Å². The van der Waals surface area contributed by atoms with Crippen molar-refractivity contribution in [2.75, 3.05) is 25.5 Å². The number of benzene rings is 1. The molecule has 2 heterocycles. The van der Waals surface area contributed by atoms with Crippen molar-refractivity contribution in [3.63, 3.8) is 0 Å². The summed E-state index contributed by atoms with van der Waals surface area (Å²) in [7, 11) is 1.34. The van der Waals surface area contributed by atoms with Gasteiger partial charge in [-0.2, -0.15) is 5.10 Å². The van der Waals surface area contributed by atoms with E-state index in [2.05, 4.69) is 15.4 Å². The van der Waals surface area contributed by atoms with Crippen molar-refractivity contribution in [1.82, 2.24) is 19.7 Å². The number of hydrogen-bond acceptors (Lipinski definition) is 5. The lowest BCUT2D eigenvalue weighted by atomic mass is 10.1. The predicted octanol–water partition coefficient (Wildman–Crippen LogP) is 1.66. The van der Waals surface area contributed by atoms with E-state index in [9.17, 15) is 9.59 Å². The number of anilines is 1. The molecule has 1 aromatic heterocycles. The van der Waals surface area contributed by atoms with Crippen LogP contribution in [0.2, 0.25) is 0 Å². The van der Waals surface area contributed by atoms with Crippen LogP contribution in [0.4, 0.5) is 10.5 Å². The Morgan fingerprint density at radius 3 is 3.00 bits per heavy atom. The molecule has 1 aliphatic rings. The highest BCUT2D eigenvalue weighted by molar-refractivity contribution is 5.93. The number of methoxy groups -OCH3 is 1. The second kappa shape index (κ2) is 7.61. The molecule has 1 N–H and O–H groups in total. The SMILES string of the molecule is COC(=O)C1=CCCN(C(=O)Nc2cccc(Cn3cncn3)c2)C1. The molecule has 0 radical (unpaired) electrons. The Morgan fingerprint density at radius 1 is 1.36 bits per heavy atom. The molecule has 0 unspecified atom stereocenters. The summed E-state index contributed by atoms with van der Waals surface area (Å²) in [6, 6.07) is 7.30. The molecule has 0 aliphatic carbocycles. The van der Waals surface area contributed by atoms with E-state index >= 15 is 0 Å². The average Bonchev–Trinajstić information content (AvgIpc) is 3.14. The van der Waals surface area contributed by atoms with E-state index in [1.54, 1.807) is 15.9 Å². The minimum absolute atomic E-state index is 0.243. The smallest absolute Gasteiger partial charge is 0.335 e. The number of urea groups is 1. The Morgan fingerprint density at radius 2 is 2.24 bits per heavy atom. The van der Waals surface area contributed by atoms with Crippen LogP contribution in [0.3, 0.4) is 0 Å². The largest absolute Gasteiger partial charge is 0.466 e. The highest BCUT2D eigenvalue weighted by Crippen LogP contribution is 2.15. The summed E-state index contributed by atoms with van der Waals surface area (Å²) in [5, 5.41) is 6.94. The Bertz CT molecular complexity index is 785. The number of esters is 1. The second-order valence-electron chi connectivity index (χ2n) is 5.65. The molecule has 130 valence electrons. The van der Waals surface area contributed by atoms with Crippen molar-refractivity contribution in [3.8, 4) is 0 Å².